The summed E-state index contributed by atoms with van der Waals surface area (Å²) in [4.78, 5) is 21.8. The highest BCUT2D eigenvalue weighted by atomic mass is 16.5. The molecule has 0 unspecified atom stereocenters. The first-order valence-corrected chi connectivity index (χ1v) is 9.65. The van der Waals surface area contributed by atoms with Gasteiger partial charge in [-0.1, -0.05) is 0 Å². The van der Waals surface area contributed by atoms with Crippen molar-refractivity contribution >= 4 is 29.2 Å². The number of aryl methyl sites for hydroxylation is 2. The lowest BCUT2D eigenvalue weighted by Crippen LogP contribution is -2.25. The molecule has 0 radical (unpaired) electrons. The van der Waals surface area contributed by atoms with Crippen LogP contribution in [0.3, 0.4) is 0 Å². The fourth-order valence-corrected chi connectivity index (χ4v) is 2.85. The van der Waals surface area contributed by atoms with E-state index in [4.69, 9.17) is 4.74 Å². The van der Waals surface area contributed by atoms with Crippen LogP contribution in [0.1, 0.15) is 23.7 Å². The predicted octanol–water partition coefficient (Wildman–Crippen LogP) is 2.91. The van der Waals surface area contributed by atoms with E-state index in [9.17, 15) is 10.1 Å². The normalized spacial score (nSPS) is 10.3. The van der Waals surface area contributed by atoms with Gasteiger partial charge in [0.15, 0.2) is 17.4 Å². The molecular formula is C21H24N8O2. The Hall–Kier alpha value is -4.13. The highest BCUT2D eigenvalue weighted by molar-refractivity contribution is 5.91. The molecular weight excluding hydrogens is 396 g/mol. The minimum Gasteiger partial charge on any atom is -0.488 e. The average Bonchev–Trinajstić information content (AvgIpc) is 3.15. The van der Waals surface area contributed by atoms with Crippen LogP contribution in [0.25, 0.3) is 0 Å². The van der Waals surface area contributed by atoms with Crippen molar-refractivity contribution in [3.05, 3.63) is 47.3 Å². The van der Waals surface area contributed by atoms with Gasteiger partial charge in [0, 0.05) is 31.9 Å². The van der Waals surface area contributed by atoms with Crippen molar-refractivity contribution in [1.82, 2.24) is 20.2 Å². The van der Waals surface area contributed by atoms with Crippen LogP contribution >= 0.6 is 0 Å². The number of aromatic nitrogens is 4. The average molecular weight is 420 g/mol. The van der Waals surface area contributed by atoms with Gasteiger partial charge in [0.05, 0.1) is 12.1 Å². The second kappa shape index (κ2) is 9.58. The van der Waals surface area contributed by atoms with Gasteiger partial charge in [0.25, 0.3) is 0 Å². The molecule has 0 saturated carbocycles. The van der Waals surface area contributed by atoms with Crippen molar-refractivity contribution in [3.8, 4) is 11.8 Å². The summed E-state index contributed by atoms with van der Waals surface area (Å²) in [6, 6.07) is 9.33. The molecule has 10 heteroatoms. The lowest BCUT2D eigenvalue weighted by atomic mass is 10.1. The van der Waals surface area contributed by atoms with Crippen LogP contribution in [0.15, 0.2) is 30.5 Å². The number of nitrogens with one attached hydrogen (secondary N) is 3. The third-order valence-electron chi connectivity index (χ3n) is 4.48. The van der Waals surface area contributed by atoms with E-state index in [0.717, 1.165) is 11.3 Å². The number of carbonyl (C=O) groups is 1. The molecule has 0 bridgehead atoms. The molecule has 3 N–H and O–H groups in total. The molecule has 0 aromatic carbocycles. The summed E-state index contributed by atoms with van der Waals surface area (Å²) >= 11 is 0. The Bertz CT molecular complexity index is 1120. The van der Waals surface area contributed by atoms with Crippen LogP contribution in [-0.4, -0.2) is 46.3 Å². The molecule has 160 valence electrons. The second-order valence-corrected chi connectivity index (χ2v) is 6.90. The number of nitrogens with zero attached hydrogens (tertiary/aromatic N) is 5. The molecule has 3 aromatic heterocycles. The van der Waals surface area contributed by atoms with Crippen LogP contribution in [0.2, 0.25) is 0 Å². The van der Waals surface area contributed by atoms with Gasteiger partial charge in [0.2, 0.25) is 5.91 Å². The summed E-state index contributed by atoms with van der Waals surface area (Å²) in [6.07, 6.45) is 1.60. The number of nitriles is 1. The molecule has 3 aromatic rings. The van der Waals surface area contributed by atoms with Gasteiger partial charge in [0.1, 0.15) is 24.3 Å². The third-order valence-corrected chi connectivity index (χ3v) is 4.48. The smallest absolute Gasteiger partial charge is 0.224 e. The maximum absolute atomic E-state index is 11.6. The fraction of sp³-hybridized carbons (Fsp3) is 0.286. The van der Waals surface area contributed by atoms with Gasteiger partial charge in [-0.05, 0) is 37.6 Å². The number of H-pyrrole nitrogens is 1. The highest BCUT2D eigenvalue weighted by Crippen LogP contribution is 2.25. The molecule has 1 amide bonds. The number of aromatic amines is 1. The molecule has 31 heavy (non-hydrogen) atoms. The fourth-order valence-electron chi connectivity index (χ4n) is 2.85. The summed E-state index contributed by atoms with van der Waals surface area (Å²) in [5.74, 6) is 2.47. The van der Waals surface area contributed by atoms with Crippen molar-refractivity contribution < 1.29 is 9.53 Å². The molecule has 3 rings (SSSR count). The molecule has 0 aliphatic heterocycles. The Balaban J connectivity index is 1.68. The number of pyridine rings is 2. The molecule has 10 nitrogen and oxygen atoms in total. The van der Waals surface area contributed by atoms with Crippen LogP contribution in [0, 0.1) is 25.2 Å². The van der Waals surface area contributed by atoms with Crippen molar-refractivity contribution in [2.75, 3.05) is 35.7 Å². The molecule has 0 fully saturated rings. The number of amides is 1. The Morgan fingerprint density at radius 3 is 2.81 bits per heavy atom. The maximum Gasteiger partial charge on any atom is 0.224 e. The summed E-state index contributed by atoms with van der Waals surface area (Å²) in [5, 5.41) is 22.8. The summed E-state index contributed by atoms with van der Waals surface area (Å²) in [7, 11) is 1.64. The first kappa shape index (κ1) is 21.6. The van der Waals surface area contributed by atoms with Crippen LogP contribution in [-0.2, 0) is 4.79 Å². The third kappa shape index (κ3) is 5.27. The molecule has 0 saturated heterocycles. The quantitative estimate of drug-likeness (QED) is 0.474. The van der Waals surface area contributed by atoms with Gasteiger partial charge in [-0.15, -0.1) is 0 Å². The second-order valence-electron chi connectivity index (χ2n) is 6.90. The lowest BCUT2D eigenvalue weighted by molar-refractivity contribution is -0.116. The summed E-state index contributed by atoms with van der Waals surface area (Å²) < 4.78 is 5.80. The van der Waals surface area contributed by atoms with Crippen LogP contribution in [0.5, 0.6) is 5.75 Å². The standard InChI is InChI=1S/C21H24N8O2/c1-13-10-18(25-19-11-14(2)27-28-19)26-20(16(13)12-22)23-8-9-31-17-6-5-7-24-21(17)29(4)15(3)30/h5-7,10-11H,8-9H2,1-4H3,(H3,23,25,26,27,28). The zero-order chi connectivity index (χ0) is 22.4. The van der Waals surface area contributed by atoms with E-state index in [-0.39, 0.29) is 12.5 Å². The van der Waals surface area contributed by atoms with Gasteiger partial charge in [-0.3, -0.25) is 14.8 Å². The van der Waals surface area contributed by atoms with E-state index in [1.54, 1.807) is 31.4 Å². The van der Waals surface area contributed by atoms with E-state index < -0.39 is 0 Å². The van der Waals surface area contributed by atoms with E-state index >= 15 is 0 Å². The number of ether oxygens (including phenoxy) is 1. The van der Waals surface area contributed by atoms with Crippen molar-refractivity contribution in [2.24, 2.45) is 0 Å². The number of rotatable bonds is 8. The monoisotopic (exact) mass is 420 g/mol. The van der Waals surface area contributed by atoms with Crippen molar-refractivity contribution in [3.63, 3.8) is 0 Å². The Labute approximate surface area is 180 Å². The Morgan fingerprint density at radius 2 is 2.13 bits per heavy atom. The highest BCUT2D eigenvalue weighted by Gasteiger charge is 2.14. The molecule has 0 atom stereocenters. The van der Waals surface area contributed by atoms with E-state index in [1.807, 2.05) is 19.9 Å². The molecule has 0 aliphatic carbocycles. The van der Waals surface area contributed by atoms with E-state index in [0.29, 0.717) is 41.1 Å². The van der Waals surface area contributed by atoms with Gasteiger partial charge in [-0.2, -0.15) is 10.4 Å². The molecule has 0 spiro atoms. The van der Waals surface area contributed by atoms with Crippen molar-refractivity contribution in [2.45, 2.75) is 20.8 Å². The van der Waals surface area contributed by atoms with Gasteiger partial charge < -0.3 is 15.4 Å². The summed E-state index contributed by atoms with van der Waals surface area (Å²) in [6.45, 7) is 5.89. The topological polar surface area (TPSA) is 132 Å². The summed E-state index contributed by atoms with van der Waals surface area (Å²) in [5.41, 5.74) is 2.17. The van der Waals surface area contributed by atoms with E-state index in [1.165, 1.54) is 11.8 Å². The van der Waals surface area contributed by atoms with Gasteiger partial charge in [-0.25, -0.2) is 9.97 Å². The predicted molar refractivity (Wildman–Crippen MR) is 118 cm³/mol. The number of anilines is 4. The first-order valence-electron chi connectivity index (χ1n) is 9.65. The van der Waals surface area contributed by atoms with E-state index in [2.05, 4.69) is 36.9 Å². The van der Waals surface area contributed by atoms with Crippen LogP contribution < -0.4 is 20.3 Å². The van der Waals surface area contributed by atoms with Gasteiger partial charge >= 0.3 is 0 Å². The first-order chi connectivity index (χ1) is 14.9. The lowest BCUT2D eigenvalue weighted by Gasteiger charge is -2.18. The largest absolute Gasteiger partial charge is 0.488 e. The zero-order valence-corrected chi connectivity index (χ0v) is 17.9. The van der Waals surface area contributed by atoms with Crippen molar-refractivity contribution in [1.29, 1.82) is 5.26 Å². The Kier molecular flexibility index (Phi) is 6.67. The zero-order valence-electron chi connectivity index (χ0n) is 17.9. The number of carbonyl (C=O) groups excluding carboxylic acids is 1. The number of hydrogen-bond donors (Lipinski definition) is 3. The minimum atomic E-state index is -0.142. The molecule has 3 heterocycles. The molecule has 0 aliphatic rings. The SMILES string of the molecule is CC(=O)N(C)c1ncccc1OCCNc1nc(Nc2cc(C)[nH]n2)cc(C)c1C#N. The number of hydrogen-bond acceptors (Lipinski definition) is 8. The minimum absolute atomic E-state index is 0.142. The Morgan fingerprint density at radius 1 is 1.32 bits per heavy atom. The maximum atomic E-state index is 11.6. The van der Waals surface area contributed by atoms with Crippen LogP contribution in [0.4, 0.5) is 23.3 Å².